The molecule has 1 N–H and O–H groups in total. The van der Waals surface area contributed by atoms with Crippen molar-refractivity contribution in [1.82, 2.24) is 10.2 Å². The fourth-order valence-electron chi connectivity index (χ4n) is 3.55. The highest BCUT2D eigenvalue weighted by atomic mass is 16.5. The molecule has 118 valence electrons. The summed E-state index contributed by atoms with van der Waals surface area (Å²) in [5.74, 6) is 1.58. The number of nitrogens with zero attached hydrogens (tertiary/aromatic N) is 1. The largest absolute Gasteiger partial charge is 0.371 e. The molecule has 2 aliphatic heterocycles. The Labute approximate surface area is 125 Å². The molecular formula is C17H34N2O. The first-order chi connectivity index (χ1) is 9.44. The van der Waals surface area contributed by atoms with Gasteiger partial charge in [-0.05, 0) is 71.0 Å². The summed E-state index contributed by atoms with van der Waals surface area (Å²) in [5.41, 5.74) is 0.110. The first kappa shape index (κ1) is 16.3. The predicted octanol–water partition coefficient (Wildman–Crippen LogP) is 2.90. The molecule has 0 aromatic rings. The van der Waals surface area contributed by atoms with Crippen molar-refractivity contribution in [2.75, 3.05) is 32.7 Å². The molecule has 0 aromatic heterocycles. The van der Waals surface area contributed by atoms with Gasteiger partial charge in [0, 0.05) is 13.1 Å². The topological polar surface area (TPSA) is 24.5 Å². The SMILES string of the molecule is CC(C)CNCC1CCCN(CC2CCC(C)(C)O2)C1. The minimum absolute atomic E-state index is 0.110. The lowest BCUT2D eigenvalue weighted by molar-refractivity contribution is -0.0328. The number of nitrogens with one attached hydrogen (secondary N) is 1. The highest BCUT2D eigenvalue weighted by molar-refractivity contribution is 4.84. The van der Waals surface area contributed by atoms with Gasteiger partial charge in [-0.15, -0.1) is 0 Å². The average molecular weight is 282 g/mol. The maximum absolute atomic E-state index is 6.14. The number of likely N-dealkylation sites (tertiary alicyclic amines) is 1. The van der Waals surface area contributed by atoms with Crippen molar-refractivity contribution in [1.29, 1.82) is 0 Å². The fraction of sp³-hybridized carbons (Fsp3) is 1.00. The quantitative estimate of drug-likeness (QED) is 0.811. The van der Waals surface area contributed by atoms with E-state index in [-0.39, 0.29) is 5.60 Å². The van der Waals surface area contributed by atoms with Crippen LogP contribution in [0.15, 0.2) is 0 Å². The number of hydrogen-bond donors (Lipinski definition) is 1. The smallest absolute Gasteiger partial charge is 0.0710 e. The number of ether oxygens (including phenoxy) is 1. The molecule has 2 aliphatic rings. The van der Waals surface area contributed by atoms with E-state index in [1.807, 2.05) is 0 Å². The van der Waals surface area contributed by atoms with E-state index in [4.69, 9.17) is 4.74 Å². The van der Waals surface area contributed by atoms with E-state index in [0.29, 0.717) is 6.10 Å². The van der Waals surface area contributed by atoms with Gasteiger partial charge in [-0.25, -0.2) is 0 Å². The average Bonchev–Trinajstić information content (AvgIpc) is 2.68. The van der Waals surface area contributed by atoms with E-state index in [1.165, 1.54) is 45.3 Å². The van der Waals surface area contributed by atoms with Crippen molar-refractivity contribution in [2.45, 2.75) is 65.1 Å². The van der Waals surface area contributed by atoms with Gasteiger partial charge in [0.1, 0.15) is 0 Å². The van der Waals surface area contributed by atoms with Crippen molar-refractivity contribution >= 4 is 0 Å². The standard InChI is InChI=1S/C17H34N2O/c1-14(2)10-18-11-15-6-5-9-19(12-15)13-16-7-8-17(3,4)20-16/h14-16,18H,5-13H2,1-4H3. The van der Waals surface area contributed by atoms with E-state index >= 15 is 0 Å². The maximum atomic E-state index is 6.14. The van der Waals surface area contributed by atoms with Gasteiger partial charge in [0.2, 0.25) is 0 Å². The monoisotopic (exact) mass is 282 g/mol. The van der Waals surface area contributed by atoms with Gasteiger partial charge >= 0.3 is 0 Å². The van der Waals surface area contributed by atoms with Crippen LogP contribution >= 0.6 is 0 Å². The highest BCUT2D eigenvalue weighted by Crippen LogP contribution is 2.30. The van der Waals surface area contributed by atoms with Crippen molar-refractivity contribution in [3.8, 4) is 0 Å². The Morgan fingerprint density at radius 3 is 2.75 bits per heavy atom. The summed E-state index contributed by atoms with van der Waals surface area (Å²) < 4.78 is 6.14. The van der Waals surface area contributed by atoms with Crippen LogP contribution in [0.1, 0.15) is 53.4 Å². The molecule has 0 spiro atoms. The van der Waals surface area contributed by atoms with Crippen LogP contribution in [0, 0.1) is 11.8 Å². The lowest BCUT2D eigenvalue weighted by Crippen LogP contribution is -2.43. The summed E-state index contributed by atoms with van der Waals surface area (Å²) >= 11 is 0. The van der Waals surface area contributed by atoms with Crippen LogP contribution in [0.5, 0.6) is 0 Å². The van der Waals surface area contributed by atoms with Crippen LogP contribution in [0.3, 0.4) is 0 Å². The Hall–Kier alpha value is -0.120. The lowest BCUT2D eigenvalue weighted by Gasteiger charge is -2.34. The summed E-state index contributed by atoms with van der Waals surface area (Å²) in [6, 6.07) is 0. The second-order valence-electron chi connectivity index (χ2n) is 7.86. The summed E-state index contributed by atoms with van der Waals surface area (Å²) in [5, 5.41) is 3.62. The number of rotatable bonds is 6. The van der Waals surface area contributed by atoms with E-state index in [1.54, 1.807) is 0 Å². The maximum Gasteiger partial charge on any atom is 0.0710 e. The first-order valence-electron chi connectivity index (χ1n) is 8.55. The van der Waals surface area contributed by atoms with Crippen LogP contribution in [0.4, 0.5) is 0 Å². The van der Waals surface area contributed by atoms with E-state index in [0.717, 1.165) is 24.9 Å². The van der Waals surface area contributed by atoms with Crippen LogP contribution < -0.4 is 5.32 Å². The highest BCUT2D eigenvalue weighted by Gasteiger charge is 2.33. The van der Waals surface area contributed by atoms with Gasteiger partial charge in [0.15, 0.2) is 0 Å². The third-order valence-corrected chi connectivity index (χ3v) is 4.60. The summed E-state index contributed by atoms with van der Waals surface area (Å²) in [4.78, 5) is 2.64. The summed E-state index contributed by atoms with van der Waals surface area (Å²) in [7, 11) is 0. The van der Waals surface area contributed by atoms with Gasteiger partial charge in [-0.1, -0.05) is 13.8 Å². The molecule has 2 rings (SSSR count). The Morgan fingerprint density at radius 1 is 1.30 bits per heavy atom. The van der Waals surface area contributed by atoms with E-state index in [2.05, 4.69) is 37.9 Å². The van der Waals surface area contributed by atoms with E-state index < -0.39 is 0 Å². The number of piperidine rings is 1. The van der Waals surface area contributed by atoms with Crippen molar-refractivity contribution < 1.29 is 4.74 Å². The van der Waals surface area contributed by atoms with Crippen LogP contribution in [-0.2, 0) is 4.74 Å². The Morgan fingerprint density at radius 2 is 2.10 bits per heavy atom. The zero-order valence-electron chi connectivity index (χ0n) is 14.0. The molecule has 0 saturated carbocycles. The molecule has 2 unspecified atom stereocenters. The van der Waals surface area contributed by atoms with Crippen molar-refractivity contribution in [2.24, 2.45) is 11.8 Å². The Kier molecular flexibility index (Phi) is 5.88. The second-order valence-corrected chi connectivity index (χ2v) is 7.86. The lowest BCUT2D eigenvalue weighted by atomic mass is 9.97. The molecule has 3 heteroatoms. The predicted molar refractivity (Wildman–Crippen MR) is 85.1 cm³/mol. The molecule has 2 atom stereocenters. The van der Waals surface area contributed by atoms with Crippen molar-refractivity contribution in [3.05, 3.63) is 0 Å². The number of hydrogen-bond acceptors (Lipinski definition) is 3. The summed E-state index contributed by atoms with van der Waals surface area (Å²) in [6.07, 6.45) is 5.65. The van der Waals surface area contributed by atoms with Gasteiger partial charge < -0.3 is 15.0 Å². The molecular weight excluding hydrogens is 248 g/mol. The molecule has 0 aliphatic carbocycles. The van der Waals surface area contributed by atoms with Crippen LogP contribution in [0.2, 0.25) is 0 Å². The second kappa shape index (κ2) is 7.24. The third-order valence-electron chi connectivity index (χ3n) is 4.60. The normalized spacial score (nSPS) is 31.1. The molecule has 0 aromatic carbocycles. The fourth-order valence-corrected chi connectivity index (χ4v) is 3.55. The zero-order valence-corrected chi connectivity index (χ0v) is 14.0. The molecule has 3 nitrogen and oxygen atoms in total. The minimum atomic E-state index is 0.110. The van der Waals surface area contributed by atoms with Gasteiger partial charge in [-0.3, -0.25) is 0 Å². The van der Waals surface area contributed by atoms with Crippen molar-refractivity contribution in [3.63, 3.8) is 0 Å². The molecule has 0 bridgehead atoms. The molecule has 0 amide bonds. The molecule has 0 radical (unpaired) electrons. The van der Waals surface area contributed by atoms with Gasteiger partial charge in [-0.2, -0.15) is 0 Å². The Balaban J connectivity index is 1.68. The van der Waals surface area contributed by atoms with E-state index in [9.17, 15) is 0 Å². The van der Waals surface area contributed by atoms with Crippen LogP contribution in [-0.4, -0.2) is 49.3 Å². The molecule has 2 fully saturated rings. The summed E-state index contributed by atoms with van der Waals surface area (Å²) in [6.45, 7) is 15.0. The first-order valence-corrected chi connectivity index (χ1v) is 8.55. The van der Waals surface area contributed by atoms with Gasteiger partial charge in [0.05, 0.1) is 11.7 Å². The van der Waals surface area contributed by atoms with Crippen LogP contribution in [0.25, 0.3) is 0 Å². The van der Waals surface area contributed by atoms with Gasteiger partial charge in [0.25, 0.3) is 0 Å². The molecule has 2 saturated heterocycles. The molecule has 20 heavy (non-hydrogen) atoms. The third kappa shape index (κ3) is 5.34. The minimum Gasteiger partial charge on any atom is -0.371 e. The molecule has 2 heterocycles. The Bertz CT molecular complexity index is 291. The zero-order chi connectivity index (χ0) is 14.6.